The summed E-state index contributed by atoms with van der Waals surface area (Å²) in [7, 11) is -1.89. The highest BCUT2D eigenvalue weighted by Gasteiger charge is 2.35. The monoisotopic (exact) mass is 323 g/mol. The summed E-state index contributed by atoms with van der Waals surface area (Å²) < 4.78 is 53.6. The molecule has 0 aliphatic heterocycles. The average Bonchev–Trinajstić information content (AvgIpc) is 2.39. The van der Waals surface area contributed by atoms with E-state index in [4.69, 9.17) is 0 Å². The van der Waals surface area contributed by atoms with Crippen LogP contribution in [0.4, 0.5) is 13.2 Å². The quantitative estimate of drug-likeness (QED) is 0.844. The molecule has 21 heavy (non-hydrogen) atoms. The van der Waals surface area contributed by atoms with Crippen molar-refractivity contribution in [2.24, 2.45) is 0 Å². The Hall–Kier alpha value is -0.880. The Labute approximate surface area is 127 Å². The van der Waals surface area contributed by atoms with Gasteiger partial charge in [0.05, 0.1) is 10.5 Å². The minimum atomic E-state index is -4.50. The van der Waals surface area contributed by atoms with Crippen molar-refractivity contribution in [1.82, 2.24) is 4.72 Å². The van der Waals surface area contributed by atoms with E-state index in [1.54, 1.807) is 20.8 Å². The van der Waals surface area contributed by atoms with Gasteiger partial charge in [-0.2, -0.15) is 13.2 Å². The molecule has 0 saturated carbocycles. The number of alkyl halides is 3. The van der Waals surface area contributed by atoms with Gasteiger partial charge in [-0.15, -0.1) is 0 Å². The van der Waals surface area contributed by atoms with Crippen molar-refractivity contribution in [3.05, 3.63) is 29.3 Å². The largest absolute Gasteiger partial charge is 0.417 e. The molecule has 1 unspecified atom stereocenters. The summed E-state index contributed by atoms with van der Waals surface area (Å²) in [6.07, 6.45) is -3.85. The molecule has 2 nitrogen and oxygen atoms in total. The van der Waals surface area contributed by atoms with Gasteiger partial charge in [-0.3, -0.25) is 0 Å². The first-order valence-corrected chi connectivity index (χ1v) is 8.09. The van der Waals surface area contributed by atoms with Crippen LogP contribution in [-0.4, -0.2) is 9.75 Å². The molecule has 0 radical (unpaired) electrons. The maximum absolute atomic E-state index is 12.9. The van der Waals surface area contributed by atoms with Gasteiger partial charge in [0, 0.05) is 5.54 Å². The van der Waals surface area contributed by atoms with Crippen LogP contribution in [0.5, 0.6) is 0 Å². The maximum atomic E-state index is 12.9. The summed E-state index contributed by atoms with van der Waals surface area (Å²) in [6, 6.07) is 3.82. The van der Waals surface area contributed by atoms with Gasteiger partial charge in [-0.05, 0) is 39.3 Å². The summed E-state index contributed by atoms with van der Waals surface area (Å²) in [5, 5.41) is 0. The molecule has 0 spiro atoms. The average molecular weight is 323 g/mol. The van der Waals surface area contributed by atoms with Gasteiger partial charge in [0.15, 0.2) is 0 Å². The molecule has 1 aromatic carbocycles. The number of hydrogen-bond acceptors (Lipinski definition) is 1. The van der Waals surface area contributed by atoms with Crippen LogP contribution >= 0.6 is 0 Å². The highest BCUT2D eigenvalue weighted by Crippen LogP contribution is 2.34. The van der Waals surface area contributed by atoms with Gasteiger partial charge in [0.2, 0.25) is 0 Å². The molecule has 6 heteroatoms. The molecule has 0 bridgehead atoms. The molecule has 1 aromatic rings. The number of rotatable bonds is 4. The van der Waals surface area contributed by atoms with Crippen molar-refractivity contribution in [3.8, 4) is 0 Å². The van der Waals surface area contributed by atoms with Crippen molar-refractivity contribution in [1.29, 1.82) is 0 Å². The predicted octanol–water partition coefficient (Wildman–Crippen LogP) is 4.84. The zero-order valence-electron chi connectivity index (χ0n) is 13.4. The highest BCUT2D eigenvalue weighted by molar-refractivity contribution is 7.83. The molecule has 1 N–H and O–H groups in total. The summed E-state index contributed by atoms with van der Waals surface area (Å²) in [6.45, 7) is 11.0. The number of benzene rings is 1. The molecule has 0 heterocycles. The molecular weight excluding hydrogens is 299 g/mol. The third kappa shape index (κ3) is 6.18. The maximum Gasteiger partial charge on any atom is 0.417 e. The lowest BCUT2D eigenvalue weighted by Crippen LogP contribution is -2.40. The van der Waals surface area contributed by atoms with E-state index in [0.29, 0.717) is 12.0 Å². The van der Waals surface area contributed by atoms with Crippen molar-refractivity contribution in [3.63, 3.8) is 0 Å². The molecular formula is C15H24F3NOS. The van der Waals surface area contributed by atoms with E-state index in [1.807, 2.05) is 20.8 Å². The third-order valence-corrected chi connectivity index (χ3v) is 4.39. The molecule has 0 aliphatic carbocycles. The number of hydrogen-bond donors (Lipinski definition) is 1. The smallest absolute Gasteiger partial charge is 0.237 e. The Morgan fingerprint density at radius 3 is 2.14 bits per heavy atom. The topological polar surface area (TPSA) is 29.1 Å². The first-order chi connectivity index (χ1) is 9.57. The van der Waals surface area contributed by atoms with E-state index < -0.39 is 28.3 Å². The van der Waals surface area contributed by atoms with Crippen LogP contribution in [0.15, 0.2) is 23.1 Å². The molecule has 0 fully saturated rings. The third-order valence-electron chi connectivity index (χ3n) is 2.89. The van der Waals surface area contributed by atoms with Crippen LogP contribution in [0.1, 0.15) is 52.2 Å². The second-order valence-corrected chi connectivity index (χ2v) is 6.29. The normalized spacial score (nSPS) is 13.4. The summed E-state index contributed by atoms with van der Waals surface area (Å²) >= 11 is 0. The van der Waals surface area contributed by atoms with Crippen LogP contribution < -0.4 is 4.72 Å². The lowest BCUT2D eigenvalue weighted by molar-refractivity contribution is -0.139. The molecule has 0 aliphatic rings. The van der Waals surface area contributed by atoms with E-state index in [2.05, 4.69) is 4.72 Å². The van der Waals surface area contributed by atoms with Crippen LogP contribution in [0.2, 0.25) is 0 Å². The first-order valence-electron chi connectivity index (χ1n) is 6.94. The number of nitrogens with one attached hydrogen (secondary N) is 1. The fourth-order valence-corrected chi connectivity index (χ4v) is 2.73. The van der Waals surface area contributed by atoms with Crippen molar-refractivity contribution >= 4 is 11.0 Å². The van der Waals surface area contributed by atoms with Gasteiger partial charge in [0.25, 0.3) is 0 Å². The summed E-state index contributed by atoms with van der Waals surface area (Å²) in [4.78, 5) is -0.223. The second kappa shape index (κ2) is 7.94. The number of aryl methyl sites for hydroxylation is 1. The Balaban J connectivity index is 0.00000191. The lowest BCUT2D eigenvalue weighted by Gasteiger charge is -2.24. The Morgan fingerprint density at radius 1 is 1.19 bits per heavy atom. The minimum absolute atomic E-state index is 0.223. The highest BCUT2D eigenvalue weighted by atomic mass is 32.2. The minimum Gasteiger partial charge on any atom is -0.237 e. The van der Waals surface area contributed by atoms with Crippen LogP contribution in [-0.2, 0) is 17.2 Å². The Kier molecular flexibility index (Phi) is 7.61. The zero-order valence-corrected chi connectivity index (χ0v) is 14.2. The molecule has 0 amide bonds. The molecule has 1 rings (SSSR count). The van der Waals surface area contributed by atoms with Crippen molar-refractivity contribution in [2.75, 3.05) is 0 Å². The zero-order chi connectivity index (χ0) is 16.8. The van der Waals surface area contributed by atoms with E-state index in [-0.39, 0.29) is 4.90 Å². The summed E-state index contributed by atoms with van der Waals surface area (Å²) in [5.41, 5.74) is -0.841. The lowest BCUT2D eigenvalue weighted by atomic mass is 10.0. The van der Waals surface area contributed by atoms with Gasteiger partial charge < -0.3 is 0 Å². The Bertz CT molecular complexity index is 484. The van der Waals surface area contributed by atoms with E-state index >= 15 is 0 Å². The van der Waals surface area contributed by atoms with E-state index in [9.17, 15) is 17.4 Å². The fraction of sp³-hybridized carbons (Fsp3) is 0.600. The van der Waals surface area contributed by atoms with Gasteiger partial charge in [-0.1, -0.05) is 32.4 Å². The van der Waals surface area contributed by atoms with Crippen molar-refractivity contribution < 1.29 is 17.4 Å². The first kappa shape index (κ1) is 20.1. The van der Waals surface area contributed by atoms with Crippen LogP contribution in [0.3, 0.4) is 0 Å². The fourth-order valence-electron chi connectivity index (χ4n) is 1.41. The molecule has 0 saturated heterocycles. The summed E-state index contributed by atoms with van der Waals surface area (Å²) in [5.74, 6) is 0. The van der Waals surface area contributed by atoms with E-state index in [0.717, 1.165) is 6.07 Å². The SMILES string of the molecule is CC.CCC(C)(C)NS(=O)c1ccc(C)cc1C(F)(F)F. The van der Waals surface area contributed by atoms with Gasteiger partial charge in [0.1, 0.15) is 11.0 Å². The Morgan fingerprint density at radius 2 is 1.71 bits per heavy atom. The van der Waals surface area contributed by atoms with Crippen LogP contribution in [0.25, 0.3) is 0 Å². The predicted molar refractivity (Wildman–Crippen MR) is 81.4 cm³/mol. The van der Waals surface area contributed by atoms with Gasteiger partial charge >= 0.3 is 6.18 Å². The standard InChI is InChI=1S/C13H18F3NOS.C2H6/c1-5-12(3,4)17-19(18)11-7-6-9(2)8-10(11)13(14,15)16;1-2/h6-8,17H,5H2,1-4H3;1-2H3. The molecule has 122 valence electrons. The van der Waals surface area contributed by atoms with Crippen LogP contribution in [0, 0.1) is 6.92 Å². The van der Waals surface area contributed by atoms with Gasteiger partial charge in [-0.25, -0.2) is 8.93 Å². The molecule has 1 atom stereocenters. The molecule has 0 aromatic heterocycles. The van der Waals surface area contributed by atoms with Crippen molar-refractivity contribution in [2.45, 2.75) is 64.6 Å². The number of halogens is 3. The van der Waals surface area contributed by atoms with E-state index in [1.165, 1.54) is 12.1 Å². The second-order valence-electron chi connectivity index (χ2n) is 5.11.